The van der Waals surface area contributed by atoms with Crippen LogP contribution in [0.15, 0.2) is 23.4 Å². The number of methoxy groups -OCH3 is 1. The van der Waals surface area contributed by atoms with Crippen LogP contribution in [0.3, 0.4) is 0 Å². The first-order valence-electron chi connectivity index (χ1n) is 9.44. The standard InChI is InChI=1S/C20H26ClNO5/c1-4-5-10-25-19-17(22-27-18(19)13-6-7-13)15-11-14(21)8-9-16(15)26-12(2)20(23)24-3/h8-9,11-13,18-19H,4-7,10H2,1-3H3. The summed E-state index contributed by atoms with van der Waals surface area (Å²) < 4.78 is 16.7. The molecular formula is C20H26ClNO5. The Morgan fingerprint density at radius 3 is 2.85 bits per heavy atom. The molecule has 1 heterocycles. The van der Waals surface area contributed by atoms with Crippen molar-refractivity contribution in [1.29, 1.82) is 0 Å². The molecule has 1 aromatic carbocycles. The van der Waals surface area contributed by atoms with Crippen molar-refractivity contribution in [2.24, 2.45) is 11.1 Å². The second-order valence-corrected chi connectivity index (χ2v) is 7.39. The van der Waals surface area contributed by atoms with E-state index in [1.807, 2.05) is 0 Å². The van der Waals surface area contributed by atoms with Gasteiger partial charge in [0.2, 0.25) is 0 Å². The topological polar surface area (TPSA) is 66.4 Å². The lowest BCUT2D eigenvalue weighted by Gasteiger charge is -2.21. The lowest BCUT2D eigenvalue weighted by Crippen LogP contribution is -2.35. The van der Waals surface area contributed by atoms with Gasteiger partial charge in [0.05, 0.1) is 7.11 Å². The van der Waals surface area contributed by atoms with E-state index in [1.165, 1.54) is 7.11 Å². The van der Waals surface area contributed by atoms with Gasteiger partial charge in [-0.25, -0.2) is 4.79 Å². The molecule has 1 aliphatic heterocycles. The van der Waals surface area contributed by atoms with Crippen LogP contribution in [0.1, 0.15) is 45.1 Å². The van der Waals surface area contributed by atoms with E-state index in [0.29, 0.717) is 34.6 Å². The van der Waals surface area contributed by atoms with Crippen molar-refractivity contribution >= 4 is 23.3 Å². The first-order valence-corrected chi connectivity index (χ1v) is 9.82. The lowest BCUT2D eigenvalue weighted by atomic mass is 9.98. The highest BCUT2D eigenvalue weighted by Crippen LogP contribution is 2.41. The molecule has 0 aromatic heterocycles. The van der Waals surface area contributed by atoms with E-state index in [0.717, 1.165) is 25.7 Å². The van der Waals surface area contributed by atoms with Crippen LogP contribution in [0, 0.1) is 5.92 Å². The van der Waals surface area contributed by atoms with E-state index in [4.69, 9.17) is 30.6 Å². The van der Waals surface area contributed by atoms with Gasteiger partial charge in [-0.05, 0) is 44.4 Å². The molecule has 0 bridgehead atoms. The van der Waals surface area contributed by atoms with Gasteiger partial charge in [-0.1, -0.05) is 30.1 Å². The van der Waals surface area contributed by atoms with Gasteiger partial charge < -0.3 is 19.0 Å². The maximum absolute atomic E-state index is 11.8. The smallest absolute Gasteiger partial charge is 0.346 e. The first kappa shape index (κ1) is 20.0. The first-order chi connectivity index (χ1) is 13.0. The van der Waals surface area contributed by atoms with Gasteiger partial charge in [0, 0.05) is 23.1 Å². The molecule has 1 saturated carbocycles. The number of benzene rings is 1. The number of hydrogen-bond acceptors (Lipinski definition) is 6. The second-order valence-electron chi connectivity index (χ2n) is 6.95. The quantitative estimate of drug-likeness (QED) is 0.467. The van der Waals surface area contributed by atoms with E-state index < -0.39 is 12.1 Å². The minimum atomic E-state index is -0.753. The van der Waals surface area contributed by atoms with Crippen LogP contribution >= 0.6 is 11.6 Å². The number of carbonyl (C=O) groups excluding carboxylic acids is 1. The second kappa shape index (κ2) is 8.93. The molecule has 3 rings (SSSR count). The highest BCUT2D eigenvalue weighted by atomic mass is 35.5. The van der Waals surface area contributed by atoms with Crippen molar-refractivity contribution < 1.29 is 23.8 Å². The average molecular weight is 396 g/mol. The Kier molecular flexibility index (Phi) is 6.60. The number of oxime groups is 1. The molecule has 7 heteroatoms. The minimum absolute atomic E-state index is 0.0817. The summed E-state index contributed by atoms with van der Waals surface area (Å²) in [5.41, 5.74) is 1.35. The van der Waals surface area contributed by atoms with Crippen molar-refractivity contribution in [3.63, 3.8) is 0 Å². The monoisotopic (exact) mass is 395 g/mol. The van der Waals surface area contributed by atoms with E-state index in [-0.39, 0.29) is 12.2 Å². The molecule has 6 nitrogen and oxygen atoms in total. The summed E-state index contributed by atoms with van der Waals surface area (Å²) in [5, 5.41) is 4.87. The van der Waals surface area contributed by atoms with Gasteiger partial charge in [0.25, 0.3) is 0 Å². The zero-order valence-electron chi connectivity index (χ0n) is 15.9. The van der Waals surface area contributed by atoms with Crippen molar-refractivity contribution in [3.8, 4) is 5.75 Å². The molecule has 0 amide bonds. The Hall–Kier alpha value is -1.79. The van der Waals surface area contributed by atoms with Gasteiger partial charge in [-0.2, -0.15) is 0 Å². The predicted octanol–water partition coefficient (Wildman–Crippen LogP) is 3.98. The van der Waals surface area contributed by atoms with E-state index >= 15 is 0 Å². The van der Waals surface area contributed by atoms with Gasteiger partial charge in [-0.3, -0.25) is 0 Å². The fourth-order valence-electron chi connectivity index (χ4n) is 3.08. The van der Waals surface area contributed by atoms with Gasteiger partial charge in [0.15, 0.2) is 12.2 Å². The number of nitrogens with zero attached hydrogens (tertiary/aromatic N) is 1. The molecule has 3 unspecified atom stereocenters. The zero-order valence-corrected chi connectivity index (χ0v) is 16.7. The summed E-state index contributed by atoms with van der Waals surface area (Å²) >= 11 is 6.22. The molecule has 148 valence electrons. The van der Waals surface area contributed by atoms with Crippen molar-refractivity contribution in [2.45, 2.75) is 57.8 Å². The predicted molar refractivity (Wildman–Crippen MR) is 102 cm³/mol. The third-order valence-corrected chi connectivity index (χ3v) is 5.01. The Morgan fingerprint density at radius 2 is 2.19 bits per heavy atom. The molecule has 0 N–H and O–H groups in total. The number of unbranched alkanes of at least 4 members (excludes halogenated alkanes) is 1. The third kappa shape index (κ3) is 4.74. The van der Waals surface area contributed by atoms with Gasteiger partial charge in [0.1, 0.15) is 17.6 Å². The van der Waals surface area contributed by atoms with Crippen molar-refractivity contribution in [1.82, 2.24) is 0 Å². The summed E-state index contributed by atoms with van der Waals surface area (Å²) in [6.45, 7) is 4.40. The van der Waals surface area contributed by atoms with Crippen LogP contribution < -0.4 is 4.74 Å². The maximum Gasteiger partial charge on any atom is 0.346 e. The zero-order chi connectivity index (χ0) is 19.4. The number of halogens is 1. The molecule has 1 aliphatic carbocycles. The van der Waals surface area contributed by atoms with E-state index in [1.54, 1.807) is 25.1 Å². The van der Waals surface area contributed by atoms with Crippen LogP contribution in [-0.2, 0) is 19.1 Å². The molecular weight excluding hydrogens is 370 g/mol. The van der Waals surface area contributed by atoms with Crippen LogP contribution in [0.4, 0.5) is 0 Å². The number of esters is 1. The number of ether oxygens (including phenoxy) is 3. The number of carbonyl (C=O) groups is 1. The van der Waals surface area contributed by atoms with Crippen molar-refractivity contribution in [3.05, 3.63) is 28.8 Å². The Labute approximate surface area is 164 Å². The Morgan fingerprint density at radius 1 is 1.41 bits per heavy atom. The fraction of sp³-hybridized carbons (Fsp3) is 0.600. The van der Waals surface area contributed by atoms with Gasteiger partial charge in [-0.15, -0.1) is 0 Å². The lowest BCUT2D eigenvalue weighted by molar-refractivity contribution is -0.147. The van der Waals surface area contributed by atoms with Crippen LogP contribution in [0.2, 0.25) is 5.02 Å². The average Bonchev–Trinajstić information content (AvgIpc) is 3.43. The van der Waals surface area contributed by atoms with Crippen LogP contribution in [0.5, 0.6) is 5.75 Å². The molecule has 0 saturated heterocycles. The summed E-state index contributed by atoms with van der Waals surface area (Å²) in [6, 6.07) is 5.22. The summed E-state index contributed by atoms with van der Waals surface area (Å²) in [4.78, 5) is 17.5. The van der Waals surface area contributed by atoms with Crippen LogP contribution in [-0.4, -0.2) is 43.7 Å². The summed E-state index contributed by atoms with van der Waals surface area (Å²) in [6.07, 6.45) is 3.17. The molecule has 1 fully saturated rings. The Bertz CT molecular complexity index is 704. The molecule has 0 spiro atoms. The molecule has 1 aromatic rings. The van der Waals surface area contributed by atoms with Gasteiger partial charge >= 0.3 is 5.97 Å². The molecule has 3 atom stereocenters. The largest absolute Gasteiger partial charge is 0.478 e. The molecule has 2 aliphatic rings. The highest BCUT2D eigenvalue weighted by Gasteiger charge is 2.46. The Balaban J connectivity index is 1.86. The number of hydrogen-bond donors (Lipinski definition) is 0. The van der Waals surface area contributed by atoms with Crippen molar-refractivity contribution in [2.75, 3.05) is 13.7 Å². The molecule has 27 heavy (non-hydrogen) atoms. The summed E-state index contributed by atoms with van der Waals surface area (Å²) in [7, 11) is 1.33. The SMILES string of the molecule is CCCCOC1C(c2cc(Cl)ccc2OC(C)C(=O)OC)=NOC1C1CC1. The summed E-state index contributed by atoms with van der Waals surface area (Å²) in [5.74, 6) is 0.516. The highest BCUT2D eigenvalue weighted by molar-refractivity contribution is 6.31. The maximum atomic E-state index is 11.8. The minimum Gasteiger partial charge on any atom is -0.478 e. The molecule has 0 radical (unpaired) electrons. The van der Waals surface area contributed by atoms with Crippen LogP contribution in [0.25, 0.3) is 0 Å². The van der Waals surface area contributed by atoms with E-state index in [2.05, 4.69) is 12.1 Å². The van der Waals surface area contributed by atoms with E-state index in [9.17, 15) is 4.79 Å². The normalized spacial score (nSPS) is 22.7. The third-order valence-electron chi connectivity index (χ3n) is 4.78. The number of rotatable bonds is 9. The fourth-order valence-corrected chi connectivity index (χ4v) is 3.25.